The maximum absolute atomic E-state index is 11.1. The summed E-state index contributed by atoms with van der Waals surface area (Å²) in [7, 11) is 0. The predicted molar refractivity (Wildman–Crippen MR) is 82.2 cm³/mol. The van der Waals surface area contributed by atoms with Crippen LogP contribution >= 0.6 is 15.9 Å². The van der Waals surface area contributed by atoms with E-state index < -0.39 is 0 Å². The van der Waals surface area contributed by atoms with Gasteiger partial charge in [0.05, 0.1) is 11.9 Å². The van der Waals surface area contributed by atoms with Gasteiger partial charge in [0.15, 0.2) is 0 Å². The first-order valence-corrected chi connectivity index (χ1v) is 7.54. The van der Waals surface area contributed by atoms with Gasteiger partial charge in [0, 0.05) is 0 Å². The number of rotatable bonds is 5. The molecule has 1 rings (SSSR count). The van der Waals surface area contributed by atoms with Gasteiger partial charge in [-0.1, -0.05) is 54.9 Å². The second-order valence-corrected chi connectivity index (χ2v) is 6.09. The van der Waals surface area contributed by atoms with Crippen LogP contribution in [0.3, 0.4) is 0 Å². The number of aryl methyl sites for hydroxylation is 1. The van der Waals surface area contributed by atoms with E-state index in [2.05, 4.69) is 54.2 Å². The van der Waals surface area contributed by atoms with Crippen LogP contribution in [0.15, 0.2) is 18.2 Å². The van der Waals surface area contributed by atoms with Crippen LogP contribution in [-0.4, -0.2) is 24.4 Å². The van der Waals surface area contributed by atoms with Crippen molar-refractivity contribution in [3.63, 3.8) is 0 Å². The average Bonchev–Trinajstić information content (AvgIpc) is 2.34. The number of carbonyl (C=O) groups excluding carboxylic acids is 1. The lowest BCUT2D eigenvalue weighted by atomic mass is 9.85. The second kappa shape index (κ2) is 6.94. The molecule has 106 valence electrons. The van der Waals surface area contributed by atoms with Crippen molar-refractivity contribution in [1.82, 2.24) is 5.32 Å². The molecule has 1 aromatic rings. The molecular formula is C15H22BrNO2. The summed E-state index contributed by atoms with van der Waals surface area (Å²) in [6.07, 6.45) is 0. The Kier molecular flexibility index (Phi) is 5.85. The van der Waals surface area contributed by atoms with Crippen LogP contribution in [0.4, 0.5) is 0 Å². The zero-order valence-corrected chi connectivity index (χ0v) is 13.6. The summed E-state index contributed by atoms with van der Waals surface area (Å²) >= 11 is 3.11. The van der Waals surface area contributed by atoms with Crippen molar-refractivity contribution in [2.45, 2.75) is 33.1 Å². The lowest BCUT2D eigenvalue weighted by Crippen LogP contribution is -2.29. The molecule has 1 N–H and O–H groups in total. The summed E-state index contributed by atoms with van der Waals surface area (Å²) in [6, 6.07) is 6.19. The third-order valence-electron chi connectivity index (χ3n) is 2.81. The van der Waals surface area contributed by atoms with Gasteiger partial charge >= 0.3 is 0 Å². The Labute approximate surface area is 123 Å². The predicted octanol–water partition coefficient (Wildman–Crippen LogP) is 3.18. The van der Waals surface area contributed by atoms with Crippen LogP contribution in [0.1, 0.15) is 31.9 Å². The summed E-state index contributed by atoms with van der Waals surface area (Å²) < 4.78 is 5.86. The molecule has 0 saturated heterocycles. The van der Waals surface area contributed by atoms with Gasteiger partial charge in [-0.15, -0.1) is 0 Å². The Morgan fingerprint density at radius 3 is 2.63 bits per heavy atom. The zero-order chi connectivity index (χ0) is 14.5. The Morgan fingerprint density at radius 1 is 1.37 bits per heavy atom. The molecular weight excluding hydrogens is 306 g/mol. The number of para-hydroxylation sites is 1. The molecule has 0 saturated carbocycles. The monoisotopic (exact) mass is 327 g/mol. The van der Waals surface area contributed by atoms with Crippen molar-refractivity contribution in [2.75, 3.05) is 18.5 Å². The zero-order valence-electron chi connectivity index (χ0n) is 12.0. The Balaban J connectivity index is 2.70. The highest BCUT2D eigenvalue weighted by Gasteiger charge is 2.19. The maximum Gasteiger partial charge on any atom is 0.230 e. The van der Waals surface area contributed by atoms with Crippen LogP contribution in [-0.2, 0) is 10.2 Å². The van der Waals surface area contributed by atoms with Crippen molar-refractivity contribution in [1.29, 1.82) is 0 Å². The fourth-order valence-corrected chi connectivity index (χ4v) is 2.02. The molecule has 4 heteroatoms. The second-order valence-electron chi connectivity index (χ2n) is 5.53. The van der Waals surface area contributed by atoms with Crippen LogP contribution in [0, 0.1) is 6.92 Å². The van der Waals surface area contributed by atoms with Crippen LogP contribution in [0.5, 0.6) is 5.75 Å². The van der Waals surface area contributed by atoms with E-state index in [0.717, 1.165) is 11.3 Å². The largest absolute Gasteiger partial charge is 0.491 e. The minimum atomic E-state index is -0.0237. The number of alkyl halides is 1. The minimum Gasteiger partial charge on any atom is -0.491 e. The Morgan fingerprint density at radius 2 is 2.05 bits per heavy atom. The van der Waals surface area contributed by atoms with Gasteiger partial charge in [-0.25, -0.2) is 0 Å². The molecule has 0 radical (unpaired) electrons. The SMILES string of the molecule is Cc1cccc(C(C)(C)C)c1OCCNC(=O)CBr. The first kappa shape index (κ1) is 16.0. The van der Waals surface area contributed by atoms with E-state index in [1.165, 1.54) is 5.56 Å². The van der Waals surface area contributed by atoms with Gasteiger partial charge in [0.25, 0.3) is 0 Å². The third kappa shape index (κ3) is 4.86. The summed E-state index contributed by atoms with van der Waals surface area (Å²) in [5.74, 6) is 0.910. The smallest absolute Gasteiger partial charge is 0.230 e. The van der Waals surface area contributed by atoms with Crippen LogP contribution < -0.4 is 10.1 Å². The van der Waals surface area contributed by atoms with Crippen molar-refractivity contribution in [3.05, 3.63) is 29.3 Å². The summed E-state index contributed by atoms with van der Waals surface area (Å²) in [6.45, 7) is 9.54. The first-order chi connectivity index (χ1) is 8.86. The number of ether oxygens (including phenoxy) is 1. The van der Waals surface area contributed by atoms with E-state index in [0.29, 0.717) is 18.5 Å². The molecule has 0 bridgehead atoms. The number of halogens is 1. The van der Waals surface area contributed by atoms with Gasteiger partial charge in [0.1, 0.15) is 12.4 Å². The van der Waals surface area contributed by atoms with Crippen molar-refractivity contribution >= 4 is 21.8 Å². The fraction of sp³-hybridized carbons (Fsp3) is 0.533. The Hall–Kier alpha value is -1.03. The average molecular weight is 328 g/mol. The standard InChI is InChI=1S/C15H22BrNO2/c1-11-6-5-7-12(15(2,3)4)14(11)19-9-8-17-13(18)10-16/h5-7H,8-10H2,1-4H3,(H,17,18). The number of benzene rings is 1. The highest BCUT2D eigenvalue weighted by Crippen LogP contribution is 2.33. The maximum atomic E-state index is 11.1. The molecule has 0 heterocycles. The van der Waals surface area contributed by atoms with Gasteiger partial charge < -0.3 is 10.1 Å². The van der Waals surface area contributed by atoms with Crippen molar-refractivity contribution in [3.8, 4) is 5.75 Å². The summed E-state index contributed by atoms with van der Waals surface area (Å²) in [4.78, 5) is 11.1. The number of hydrogen-bond donors (Lipinski definition) is 1. The molecule has 0 aliphatic heterocycles. The Bertz CT molecular complexity index is 438. The number of nitrogens with one attached hydrogen (secondary N) is 1. The van der Waals surface area contributed by atoms with E-state index in [1.54, 1.807) is 0 Å². The van der Waals surface area contributed by atoms with Gasteiger partial charge in [-0.2, -0.15) is 0 Å². The fourth-order valence-electron chi connectivity index (χ4n) is 1.83. The van der Waals surface area contributed by atoms with Crippen molar-refractivity contribution < 1.29 is 9.53 Å². The molecule has 3 nitrogen and oxygen atoms in total. The topological polar surface area (TPSA) is 38.3 Å². The molecule has 1 amide bonds. The van der Waals surface area contributed by atoms with E-state index in [9.17, 15) is 4.79 Å². The number of hydrogen-bond acceptors (Lipinski definition) is 2. The molecule has 0 aliphatic carbocycles. The van der Waals surface area contributed by atoms with Crippen molar-refractivity contribution in [2.24, 2.45) is 0 Å². The highest BCUT2D eigenvalue weighted by molar-refractivity contribution is 9.09. The number of carbonyl (C=O) groups is 1. The minimum absolute atomic E-state index is 0.0237. The lowest BCUT2D eigenvalue weighted by molar-refractivity contribution is -0.118. The lowest BCUT2D eigenvalue weighted by Gasteiger charge is -2.24. The normalized spacial score (nSPS) is 11.2. The van der Waals surface area contributed by atoms with E-state index >= 15 is 0 Å². The molecule has 0 aliphatic rings. The van der Waals surface area contributed by atoms with Gasteiger partial charge in [0.2, 0.25) is 5.91 Å². The highest BCUT2D eigenvalue weighted by atomic mass is 79.9. The van der Waals surface area contributed by atoms with E-state index in [4.69, 9.17) is 4.74 Å². The van der Waals surface area contributed by atoms with E-state index in [1.807, 2.05) is 13.0 Å². The summed E-state index contributed by atoms with van der Waals surface area (Å²) in [5, 5.41) is 3.09. The summed E-state index contributed by atoms with van der Waals surface area (Å²) in [5.41, 5.74) is 2.36. The molecule has 19 heavy (non-hydrogen) atoms. The molecule has 0 atom stereocenters. The van der Waals surface area contributed by atoms with E-state index in [-0.39, 0.29) is 11.3 Å². The van der Waals surface area contributed by atoms with Gasteiger partial charge in [-0.05, 0) is 23.5 Å². The molecule has 0 fully saturated rings. The molecule has 0 aromatic heterocycles. The van der Waals surface area contributed by atoms with Gasteiger partial charge in [-0.3, -0.25) is 4.79 Å². The molecule has 0 unspecified atom stereocenters. The molecule has 1 aromatic carbocycles. The van der Waals surface area contributed by atoms with Crippen LogP contribution in [0.2, 0.25) is 0 Å². The molecule has 0 spiro atoms. The number of amides is 1. The quantitative estimate of drug-likeness (QED) is 0.666. The van der Waals surface area contributed by atoms with Crippen LogP contribution in [0.25, 0.3) is 0 Å². The first-order valence-electron chi connectivity index (χ1n) is 6.42. The third-order valence-corrected chi connectivity index (χ3v) is 3.32.